The Kier molecular flexibility index (Phi) is 7.21. The van der Waals surface area contributed by atoms with Crippen molar-refractivity contribution >= 4 is 17.7 Å². The zero-order valence-electron chi connectivity index (χ0n) is 22.0. The minimum absolute atomic E-state index is 0.174. The van der Waals surface area contributed by atoms with Gasteiger partial charge >= 0.3 is 6.09 Å². The highest BCUT2D eigenvalue weighted by molar-refractivity contribution is 6.00. The number of rotatable bonds is 7. The van der Waals surface area contributed by atoms with Gasteiger partial charge in [0, 0.05) is 36.1 Å². The van der Waals surface area contributed by atoms with Gasteiger partial charge in [0.25, 0.3) is 0 Å². The van der Waals surface area contributed by atoms with Crippen molar-refractivity contribution in [2.75, 3.05) is 18.5 Å². The van der Waals surface area contributed by atoms with E-state index in [2.05, 4.69) is 18.0 Å². The average Bonchev–Trinajstić information content (AvgIpc) is 3.33. The maximum atomic E-state index is 13.9. The summed E-state index contributed by atoms with van der Waals surface area (Å²) in [5.74, 6) is -1.32. The molecule has 6 atom stereocenters. The number of fused-ring (bicyclic) bond motifs is 1. The highest BCUT2D eigenvalue weighted by Crippen LogP contribution is 2.49. The summed E-state index contributed by atoms with van der Waals surface area (Å²) in [7, 11) is 1.77. The standard InChI is InChI=1S/C27H35F2N5O3/c1-15-7-24(25(35)33(15)20-11-18(28)10-19(29)12-20)32(6)14-22(31-26(36)37-27(3,4)5)16(2)34-21(13-30)8-17-9-23(17)34/h10-12,15,17,21-24H,2,7-9,14H2,1,3-6H3,(H,31,36)/t15-,17-,21?,22?,23?,24?/m1/s1. The van der Waals surface area contributed by atoms with E-state index in [1.807, 2.05) is 16.7 Å². The number of benzene rings is 1. The van der Waals surface area contributed by atoms with Crippen LogP contribution in [0.15, 0.2) is 30.5 Å². The second-order valence-electron chi connectivity index (χ2n) is 11.4. The van der Waals surface area contributed by atoms with Gasteiger partial charge in [-0.3, -0.25) is 9.69 Å². The smallest absolute Gasteiger partial charge is 0.408 e. The summed E-state index contributed by atoms with van der Waals surface area (Å²) in [6, 6.07) is 3.87. The second kappa shape index (κ2) is 9.93. The third-order valence-electron chi connectivity index (χ3n) is 7.33. The minimum atomic E-state index is -0.749. The molecule has 8 nitrogen and oxygen atoms in total. The number of nitriles is 1. The molecule has 3 fully saturated rings. The molecule has 1 aromatic carbocycles. The van der Waals surface area contributed by atoms with Crippen LogP contribution in [0.1, 0.15) is 47.0 Å². The third kappa shape index (κ3) is 5.72. The maximum absolute atomic E-state index is 13.9. The SMILES string of the molecule is C=C(C(CN(C)C1C[C@@H](C)N(c2cc(F)cc(F)c2)C1=O)NC(=O)OC(C)(C)C)N1C(C#N)C[C@@H]2CC21. The first-order valence-electron chi connectivity index (χ1n) is 12.6. The number of carbonyl (C=O) groups excluding carboxylic acids is 2. The number of nitrogens with one attached hydrogen (secondary N) is 1. The first-order valence-corrected chi connectivity index (χ1v) is 12.6. The van der Waals surface area contributed by atoms with Crippen LogP contribution in [0.5, 0.6) is 0 Å². The van der Waals surface area contributed by atoms with Crippen molar-refractivity contribution in [2.24, 2.45) is 5.92 Å². The lowest BCUT2D eigenvalue weighted by Crippen LogP contribution is -2.52. The molecule has 1 aromatic rings. The van der Waals surface area contributed by atoms with E-state index in [0.717, 1.165) is 31.0 Å². The molecule has 3 aliphatic rings. The maximum Gasteiger partial charge on any atom is 0.408 e. The molecule has 1 aliphatic carbocycles. The van der Waals surface area contributed by atoms with Gasteiger partial charge in [0.1, 0.15) is 23.3 Å². The number of alkyl carbamates (subject to hydrolysis) is 1. The number of ether oxygens (including phenoxy) is 1. The Bertz CT molecular complexity index is 1110. The second-order valence-corrected chi connectivity index (χ2v) is 11.4. The quantitative estimate of drug-likeness (QED) is 0.595. The Balaban J connectivity index is 1.53. The van der Waals surface area contributed by atoms with Crippen molar-refractivity contribution in [2.45, 2.75) is 82.8 Å². The zero-order valence-corrected chi connectivity index (χ0v) is 22.0. The fourth-order valence-electron chi connectivity index (χ4n) is 5.60. The van der Waals surface area contributed by atoms with Crippen LogP contribution >= 0.6 is 0 Å². The summed E-state index contributed by atoms with van der Waals surface area (Å²) in [6.45, 7) is 11.6. The fraction of sp³-hybridized carbons (Fsp3) is 0.593. The molecule has 4 rings (SSSR count). The molecular formula is C27H35F2N5O3. The molecule has 0 spiro atoms. The number of carbonyl (C=O) groups is 2. The fourth-order valence-corrected chi connectivity index (χ4v) is 5.60. The number of amides is 2. The molecule has 2 aliphatic heterocycles. The monoisotopic (exact) mass is 515 g/mol. The van der Waals surface area contributed by atoms with Crippen molar-refractivity contribution < 1.29 is 23.1 Å². The zero-order chi connectivity index (χ0) is 27.2. The first kappa shape index (κ1) is 26.9. The lowest BCUT2D eigenvalue weighted by Gasteiger charge is -2.36. The van der Waals surface area contributed by atoms with Crippen LogP contribution in [0.4, 0.5) is 19.3 Å². The van der Waals surface area contributed by atoms with Crippen LogP contribution in [-0.4, -0.2) is 71.2 Å². The van der Waals surface area contributed by atoms with Crippen LogP contribution in [0.2, 0.25) is 0 Å². The highest BCUT2D eigenvalue weighted by Gasteiger charge is 2.53. The Morgan fingerprint density at radius 2 is 1.92 bits per heavy atom. The van der Waals surface area contributed by atoms with Crippen molar-refractivity contribution in [1.82, 2.24) is 15.1 Å². The molecule has 37 heavy (non-hydrogen) atoms. The predicted molar refractivity (Wildman–Crippen MR) is 134 cm³/mol. The number of likely N-dealkylation sites (tertiary alicyclic amines) is 1. The van der Waals surface area contributed by atoms with Crippen LogP contribution in [0.25, 0.3) is 0 Å². The summed E-state index contributed by atoms with van der Waals surface area (Å²) >= 11 is 0. The lowest BCUT2D eigenvalue weighted by molar-refractivity contribution is -0.121. The van der Waals surface area contributed by atoms with E-state index in [4.69, 9.17) is 4.74 Å². The molecule has 2 saturated heterocycles. The van der Waals surface area contributed by atoms with E-state index in [-0.39, 0.29) is 36.3 Å². The Morgan fingerprint density at radius 1 is 1.27 bits per heavy atom. The van der Waals surface area contributed by atoms with E-state index < -0.39 is 35.4 Å². The van der Waals surface area contributed by atoms with Crippen molar-refractivity contribution in [3.63, 3.8) is 0 Å². The van der Waals surface area contributed by atoms with Crippen molar-refractivity contribution in [1.29, 1.82) is 5.26 Å². The first-order chi connectivity index (χ1) is 17.3. The molecule has 2 amide bonds. The topological polar surface area (TPSA) is 88.9 Å². The summed E-state index contributed by atoms with van der Waals surface area (Å²) < 4.78 is 33.2. The lowest BCUT2D eigenvalue weighted by atomic mass is 10.1. The third-order valence-corrected chi connectivity index (χ3v) is 7.33. The van der Waals surface area contributed by atoms with E-state index >= 15 is 0 Å². The summed E-state index contributed by atoms with van der Waals surface area (Å²) in [4.78, 5) is 31.4. The van der Waals surface area contributed by atoms with E-state index in [1.54, 1.807) is 27.8 Å². The number of nitrogens with zero attached hydrogens (tertiary/aromatic N) is 4. The number of hydrogen-bond acceptors (Lipinski definition) is 6. The van der Waals surface area contributed by atoms with Crippen molar-refractivity contribution in [3.05, 3.63) is 42.1 Å². The number of likely N-dealkylation sites (N-methyl/N-ethyl adjacent to an activating group) is 1. The van der Waals surface area contributed by atoms with Crippen molar-refractivity contribution in [3.8, 4) is 6.07 Å². The minimum Gasteiger partial charge on any atom is -0.444 e. The summed E-state index contributed by atoms with van der Waals surface area (Å²) in [5, 5.41) is 12.6. The molecular weight excluding hydrogens is 480 g/mol. The molecule has 0 bridgehead atoms. The van der Waals surface area contributed by atoms with Gasteiger partial charge < -0.3 is 19.9 Å². The molecule has 0 radical (unpaired) electrons. The molecule has 0 aromatic heterocycles. The van der Waals surface area contributed by atoms with Gasteiger partial charge in [-0.25, -0.2) is 13.6 Å². The molecule has 200 valence electrons. The highest BCUT2D eigenvalue weighted by atomic mass is 19.1. The molecule has 10 heteroatoms. The predicted octanol–water partition coefficient (Wildman–Crippen LogP) is 3.78. The van der Waals surface area contributed by atoms with Gasteiger partial charge in [-0.2, -0.15) is 5.26 Å². The van der Waals surface area contributed by atoms with Gasteiger partial charge in [0.15, 0.2) is 0 Å². The largest absolute Gasteiger partial charge is 0.444 e. The number of piperidine rings is 1. The van der Waals surface area contributed by atoms with Gasteiger partial charge in [-0.05, 0) is 72.1 Å². The Hall–Kier alpha value is -3.19. The van der Waals surface area contributed by atoms with Crippen LogP contribution in [0, 0.1) is 28.9 Å². The van der Waals surface area contributed by atoms with Crippen LogP contribution in [0.3, 0.4) is 0 Å². The van der Waals surface area contributed by atoms with Crippen LogP contribution in [-0.2, 0) is 9.53 Å². The Morgan fingerprint density at radius 3 is 2.51 bits per heavy atom. The van der Waals surface area contributed by atoms with E-state index in [0.29, 0.717) is 18.0 Å². The molecule has 1 saturated carbocycles. The average molecular weight is 516 g/mol. The van der Waals surface area contributed by atoms with Gasteiger partial charge in [0.2, 0.25) is 5.91 Å². The van der Waals surface area contributed by atoms with Gasteiger partial charge in [-0.15, -0.1) is 0 Å². The molecule has 4 unspecified atom stereocenters. The summed E-state index contributed by atoms with van der Waals surface area (Å²) in [6.07, 6.45) is 1.58. The van der Waals surface area contributed by atoms with Crippen LogP contribution < -0.4 is 10.2 Å². The van der Waals surface area contributed by atoms with Gasteiger partial charge in [0.05, 0.1) is 18.2 Å². The van der Waals surface area contributed by atoms with E-state index in [1.165, 1.54) is 4.90 Å². The molecule has 1 N–H and O–H groups in total. The normalized spacial score (nSPS) is 27.6. The number of hydrogen-bond donors (Lipinski definition) is 1. The number of anilines is 1. The summed E-state index contributed by atoms with van der Waals surface area (Å²) in [5.41, 5.74) is 0.0772. The van der Waals surface area contributed by atoms with Gasteiger partial charge in [-0.1, -0.05) is 6.58 Å². The van der Waals surface area contributed by atoms with E-state index in [9.17, 15) is 23.6 Å². The Labute approximate surface area is 216 Å². The molecule has 2 heterocycles. The number of halogens is 2.